The van der Waals surface area contributed by atoms with Crippen LogP contribution in [0.1, 0.15) is 75.7 Å². The van der Waals surface area contributed by atoms with Gasteiger partial charge in [0.2, 0.25) is 0 Å². The van der Waals surface area contributed by atoms with E-state index in [4.69, 9.17) is 0 Å². The monoisotopic (exact) mass is 438 g/mol. The van der Waals surface area contributed by atoms with Gasteiger partial charge in [0.05, 0.1) is 0 Å². The second-order valence-electron chi connectivity index (χ2n) is 9.60. The highest BCUT2D eigenvalue weighted by Gasteiger charge is 2.51. The van der Waals surface area contributed by atoms with Crippen LogP contribution >= 0.6 is 0 Å². The molecule has 0 saturated heterocycles. The largest absolute Gasteiger partial charge is 0.504 e. The third-order valence-electron chi connectivity index (χ3n) is 7.22. The molecule has 1 aromatic carbocycles. The SMILES string of the molecule is C[C@H]1CC[C@H]2C(C)(C)CCC[C@]2(C)C1=Cc1cc(O)c(O)c(C=O)c1OS(=O)(=O)O. The Kier molecular flexibility index (Phi) is 5.71. The van der Waals surface area contributed by atoms with Crippen LogP contribution in [0.15, 0.2) is 11.6 Å². The van der Waals surface area contributed by atoms with E-state index in [1.807, 2.05) is 0 Å². The Labute approximate surface area is 177 Å². The molecule has 3 atom stereocenters. The summed E-state index contributed by atoms with van der Waals surface area (Å²) in [4.78, 5) is 11.5. The Bertz CT molecular complexity index is 993. The number of hydrogen-bond donors (Lipinski definition) is 3. The van der Waals surface area contributed by atoms with Gasteiger partial charge in [-0.1, -0.05) is 45.8 Å². The Morgan fingerprint density at radius 3 is 2.43 bits per heavy atom. The summed E-state index contributed by atoms with van der Waals surface area (Å²) in [5, 5.41) is 20.1. The summed E-state index contributed by atoms with van der Waals surface area (Å²) in [7, 11) is -4.95. The van der Waals surface area contributed by atoms with Crippen LogP contribution in [-0.2, 0) is 10.4 Å². The second-order valence-corrected chi connectivity index (χ2v) is 10.6. The number of phenols is 2. The molecule has 2 aliphatic rings. The topological polar surface area (TPSA) is 121 Å². The summed E-state index contributed by atoms with van der Waals surface area (Å²) in [6.45, 7) is 8.91. The molecule has 3 rings (SSSR count). The molecule has 0 spiro atoms. The number of aldehydes is 1. The molecule has 8 heteroatoms. The number of carbonyl (C=O) groups excluding carboxylic acids is 1. The third kappa shape index (κ3) is 3.95. The highest BCUT2D eigenvalue weighted by atomic mass is 32.3. The van der Waals surface area contributed by atoms with E-state index in [2.05, 4.69) is 31.9 Å². The van der Waals surface area contributed by atoms with Crippen LogP contribution in [0.4, 0.5) is 0 Å². The fraction of sp³-hybridized carbons (Fsp3) is 0.591. The molecule has 2 fully saturated rings. The molecule has 7 nitrogen and oxygen atoms in total. The van der Waals surface area contributed by atoms with Crippen LogP contribution in [0.3, 0.4) is 0 Å². The molecular weight excluding hydrogens is 408 g/mol. The maximum absolute atomic E-state index is 11.5. The van der Waals surface area contributed by atoms with Crippen LogP contribution in [-0.4, -0.2) is 29.5 Å². The summed E-state index contributed by atoms with van der Waals surface area (Å²) >= 11 is 0. The van der Waals surface area contributed by atoms with Gasteiger partial charge in [0.1, 0.15) is 5.56 Å². The first-order chi connectivity index (χ1) is 13.8. The number of hydrogen-bond acceptors (Lipinski definition) is 6. The van der Waals surface area contributed by atoms with Crippen LogP contribution < -0.4 is 4.18 Å². The van der Waals surface area contributed by atoms with E-state index in [-0.39, 0.29) is 28.6 Å². The molecule has 0 aromatic heterocycles. The number of allylic oxidation sites excluding steroid dienone is 1. The molecule has 0 amide bonds. The van der Waals surface area contributed by atoms with Crippen molar-refractivity contribution >= 4 is 22.8 Å². The van der Waals surface area contributed by atoms with Gasteiger partial charge in [-0.2, -0.15) is 8.42 Å². The van der Waals surface area contributed by atoms with Gasteiger partial charge in [-0.25, -0.2) is 0 Å². The Balaban J connectivity index is 2.24. The van der Waals surface area contributed by atoms with E-state index in [0.717, 1.165) is 43.7 Å². The Morgan fingerprint density at radius 2 is 1.83 bits per heavy atom. The summed E-state index contributed by atoms with van der Waals surface area (Å²) in [5.74, 6) is -1.23. The van der Waals surface area contributed by atoms with Gasteiger partial charge >= 0.3 is 10.4 Å². The lowest BCUT2D eigenvalue weighted by molar-refractivity contribution is -0.00534. The van der Waals surface area contributed by atoms with Gasteiger partial charge in [0.15, 0.2) is 23.5 Å². The fourth-order valence-corrected chi connectivity index (χ4v) is 6.28. The van der Waals surface area contributed by atoms with Gasteiger partial charge < -0.3 is 14.4 Å². The molecular formula is C22H30O7S. The van der Waals surface area contributed by atoms with Crippen molar-refractivity contribution in [2.24, 2.45) is 22.7 Å². The Hall–Kier alpha value is -2.06. The summed E-state index contributed by atoms with van der Waals surface area (Å²) in [5.41, 5.74) is 0.702. The first-order valence-corrected chi connectivity index (χ1v) is 11.6. The highest BCUT2D eigenvalue weighted by molar-refractivity contribution is 7.81. The second kappa shape index (κ2) is 7.57. The van der Waals surface area contributed by atoms with E-state index in [9.17, 15) is 28.0 Å². The van der Waals surface area contributed by atoms with E-state index < -0.39 is 33.2 Å². The van der Waals surface area contributed by atoms with Crippen LogP contribution in [0.2, 0.25) is 0 Å². The normalized spacial score (nSPS) is 30.0. The Morgan fingerprint density at radius 1 is 1.17 bits per heavy atom. The summed E-state index contributed by atoms with van der Waals surface area (Å²) in [6.07, 6.45) is 7.20. The zero-order valence-corrected chi connectivity index (χ0v) is 18.6. The van der Waals surface area contributed by atoms with Crippen molar-refractivity contribution in [1.29, 1.82) is 0 Å². The maximum Gasteiger partial charge on any atom is 0.446 e. The molecule has 1 aromatic rings. The molecule has 0 bridgehead atoms. The molecule has 3 N–H and O–H groups in total. The lowest BCUT2D eigenvalue weighted by atomic mass is 9.48. The number of rotatable bonds is 4. The zero-order valence-electron chi connectivity index (χ0n) is 17.8. The predicted molar refractivity (Wildman–Crippen MR) is 113 cm³/mol. The molecule has 2 saturated carbocycles. The van der Waals surface area contributed by atoms with Gasteiger partial charge in [0, 0.05) is 5.56 Å². The smallest absolute Gasteiger partial charge is 0.446 e. The van der Waals surface area contributed by atoms with Crippen molar-refractivity contribution in [3.8, 4) is 17.2 Å². The predicted octanol–water partition coefficient (Wildman–Crippen LogP) is 4.74. The van der Waals surface area contributed by atoms with Gasteiger partial charge in [0.25, 0.3) is 0 Å². The van der Waals surface area contributed by atoms with Crippen molar-refractivity contribution in [2.45, 2.75) is 59.8 Å². The van der Waals surface area contributed by atoms with E-state index >= 15 is 0 Å². The number of benzene rings is 1. The molecule has 0 radical (unpaired) electrons. The number of carbonyl (C=O) groups is 1. The number of phenolic OH excluding ortho intramolecular Hbond substituents is 2. The minimum Gasteiger partial charge on any atom is -0.504 e. The minimum absolute atomic E-state index is 0.122. The average molecular weight is 439 g/mol. The molecule has 2 aliphatic carbocycles. The van der Waals surface area contributed by atoms with E-state index in [0.29, 0.717) is 5.92 Å². The van der Waals surface area contributed by atoms with Crippen LogP contribution in [0.5, 0.6) is 17.2 Å². The lowest BCUT2D eigenvalue weighted by Crippen LogP contribution is -2.47. The lowest BCUT2D eigenvalue weighted by Gasteiger charge is -2.56. The standard InChI is InChI=1S/C22H30O7S/c1-13-6-7-18-21(2,3)8-5-9-22(18,4)16(13)10-14-11-17(24)19(25)15(12-23)20(14)29-30(26,27)28/h10-13,18,24-25H,5-9H2,1-4H3,(H,26,27,28)/t13-,18-,22+/m0/s1. The highest BCUT2D eigenvalue weighted by Crippen LogP contribution is 2.61. The average Bonchev–Trinajstić information content (AvgIpc) is 2.60. The van der Waals surface area contributed by atoms with Crippen molar-refractivity contribution in [2.75, 3.05) is 0 Å². The zero-order chi connectivity index (χ0) is 22.5. The van der Waals surface area contributed by atoms with E-state index in [1.165, 1.54) is 0 Å². The molecule has 0 aliphatic heterocycles. The van der Waals surface area contributed by atoms with Crippen molar-refractivity contribution < 1.29 is 32.2 Å². The number of fused-ring (bicyclic) bond motifs is 1. The molecule has 0 unspecified atom stereocenters. The van der Waals surface area contributed by atoms with Crippen molar-refractivity contribution in [3.05, 3.63) is 22.8 Å². The van der Waals surface area contributed by atoms with Crippen LogP contribution in [0, 0.1) is 22.7 Å². The van der Waals surface area contributed by atoms with Crippen molar-refractivity contribution in [3.63, 3.8) is 0 Å². The van der Waals surface area contributed by atoms with Crippen molar-refractivity contribution in [1.82, 2.24) is 0 Å². The summed E-state index contributed by atoms with van der Waals surface area (Å²) in [6, 6.07) is 1.16. The maximum atomic E-state index is 11.5. The molecule has 30 heavy (non-hydrogen) atoms. The quantitative estimate of drug-likeness (QED) is 0.353. The molecule has 0 heterocycles. The van der Waals surface area contributed by atoms with E-state index in [1.54, 1.807) is 6.08 Å². The van der Waals surface area contributed by atoms with Gasteiger partial charge in [-0.3, -0.25) is 9.35 Å². The molecule has 166 valence electrons. The fourth-order valence-electron chi connectivity index (χ4n) is 5.88. The summed E-state index contributed by atoms with van der Waals surface area (Å²) < 4.78 is 36.7. The first kappa shape index (κ1) is 22.6. The number of aromatic hydroxyl groups is 2. The van der Waals surface area contributed by atoms with Gasteiger partial charge in [-0.05, 0) is 54.4 Å². The first-order valence-electron chi connectivity index (χ1n) is 10.2. The van der Waals surface area contributed by atoms with Gasteiger partial charge in [-0.15, -0.1) is 0 Å². The minimum atomic E-state index is -4.95. The third-order valence-corrected chi connectivity index (χ3v) is 7.60. The van der Waals surface area contributed by atoms with Crippen LogP contribution in [0.25, 0.3) is 6.08 Å².